The molecule has 2 aromatic carbocycles. The number of hydrogen-bond donors (Lipinski definition) is 0. The number of aromatic nitrogens is 2. The Morgan fingerprint density at radius 1 is 1.24 bits per heavy atom. The van der Waals surface area contributed by atoms with E-state index in [1.165, 1.54) is 22.0 Å². The highest BCUT2D eigenvalue weighted by molar-refractivity contribution is 7.07. The van der Waals surface area contributed by atoms with Crippen molar-refractivity contribution in [2.24, 2.45) is 12.0 Å². The molecule has 0 saturated carbocycles. The molecular weight excluding hydrogens is 492 g/mol. The quantitative estimate of drug-likeness (QED) is 0.229. The van der Waals surface area contributed by atoms with E-state index in [4.69, 9.17) is 4.74 Å². The summed E-state index contributed by atoms with van der Waals surface area (Å²) in [7, 11) is 1.94. The largest absolute Gasteiger partial charge is 0.463 e. The number of nitro benzene ring substituents is 1. The van der Waals surface area contributed by atoms with Gasteiger partial charge in [-0.05, 0) is 38.5 Å². The first kappa shape index (κ1) is 24.4. The van der Waals surface area contributed by atoms with E-state index >= 15 is 0 Å². The first-order valence-corrected chi connectivity index (χ1v) is 12.5. The molecule has 0 N–H and O–H groups in total. The highest BCUT2D eigenvalue weighted by Crippen LogP contribution is 2.33. The monoisotopic (exact) mass is 516 g/mol. The summed E-state index contributed by atoms with van der Waals surface area (Å²) in [5.74, 6) is -0.611. The van der Waals surface area contributed by atoms with Gasteiger partial charge in [-0.3, -0.25) is 19.5 Å². The minimum Gasteiger partial charge on any atom is -0.463 e. The Kier molecular flexibility index (Phi) is 6.12. The van der Waals surface area contributed by atoms with Gasteiger partial charge in [0.1, 0.15) is 0 Å². The van der Waals surface area contributed by atoms with Crippen molar-refractivity contribution < 1.29 is 14.5 Å². The molecule has 2 aromatic heterocycles. The summed E-state index contributed by atoms with van der Waals surface area (Å²) < 4.78 is 9.18. The highest BCUT2D eigenvalue weighted by Gasteiger charge is 2.34. The maximum absolute atomic E-state index is 13.8. The van der Waals surface area contributed by atoms with Crippen molar-refractivity contribution in [2.75, 3.05) is 6.61 Å². The Balaban J connectivity index is 1.77. The van der Waals surface area contributed by atoms with Crippen LogP contribution >= 0.6 is 11.3 Å². The van der Waals surface area contributed by atoms with Crippen molar-refractivity contribution in [3.05, 3.63) is 106 Å². The van der Waals surface area contributed by atoms with Crippen LogP contribution in [-0.2, 0) is 16.6 Å². The van der Waals surface area contributed by atoms with E-state index in [2.05, 4.69) is 4.99 Å². The molecule has 188 valence electrons. The fourth-order valence-corrected chi connectivity index (χ4v) is 5.77. The number of nitrogens with zero attached hydrogens (tertiary/aromatic N) is 4. The number of ether oxygens (including phenoxy) is 1. The van der Waals surface area contributed by atoms with Gasteiger partial charge >= 0.3 is 5.97 Å². The lowest BCUT2D eigenvalue weighted by Crippen LogP contribution is -2.40. The van der Waals surface area contributed by atoms with Gasteiger partial charge in [0, 0.05) is 41.3 Å². The summed E-state index contributed by atoms with van der Waals surface area (Å²) in [6.45, 7) is 5.16. The number of carbonyl (C=O) groups excluding carboxylic acids is 1. The lowest BCUT2D eigenvalue weighted by molar-refractivity contribution is -0.385. The van der Waals surface area contributed by atoms with E-state index in [9.17, 15) is 19.7 Å². The van der Waals surface area contributed by atoms with Crippen LogP contribution < -0.4 is 14.9 Å². The number of allylic oxidation sites excluding steroid dienone is 1. The Morgan fingerprint density at radius 3 is 2.73 bits per heavy atom. The lowest BCUT2D eigenvalue weighted by Gasteiger charge is -2.24. The first-order valence-electron chi connectivity index (χ1n) is 11.7. The molecule has 5 rings (SSSR count). The number of benzene rings is 2. The molecule has 0 saturated heterocycles. The molecule has 0 fully saturated rings. The molecule has 0 bridgehead atoms. The standard InChI is InChI=1S/C27H24N4O5S/c1-5-36-26(33)23-16(3)28-27-30(24(23)17-11-10-15(2)21(12-17)31(34)35)25(32)22(37-27)13-18-14-29(4)20-9-7-6-8-19(18)20/h6-14,24H,5H2,1-4H3/b22-13+/t24-/m1/s1. The topological polar surface area (TPSA) is 109 Å². The molecule has 0 unspecified atom stereocenters. The Morgan fingerprint density at radius 2 is 2.00 bits per heavy atom. The fourth-order valence-electron chi connectivity index (χ4n) is 4.73. The number of nitro groups is 1. The molecule has 0 radical (unpaired) electrons. The van der Waals surface area contributed by atoms with Gasteiger partial charge in [0.05, 0.1) is 33.4 Å². The third kappa shape index (κ3) is 4.09. The molecule has 9 nitrogen and oxygen atoms in total. The maximum Gasteiger partial charge on any atom is 0.338 e. The minimum absolute atomic E-state index is 0.0896. The molecule has 0 aliphatic carbocycles. The Labute approximate surface area is 215 Å². The van der Waals surface area contributed by atoms with Crippen LogP contribution in [0.2, 0.25) is 0 Å². The molecule has 10 heteroatoms. The van der Waals surface area contributed by atoms with Gasteiger partial charge in [-0.2, -0.15) is 0 Å². The SMILES string of the molecule is CCOC(=O)C1=C(C)N=c2s/c(=C/c3cn(C)c4ccccc34)c(=O)n2[C@@H]1c1ccc(C)c([N+](=O)[O-])c1. The number of esters is 1. The summed E-state index contributed by atoms with van der Waals surface area (Å²) in [5.41, 5.74) is 3.00. The summed E-state index contributed by atoms with van der Waals surface area (Å²) >= 11 is 1.22. The van der Waals surface area contributed by atoms with Gasteiger partial charge < -0.3 is 9.30 Å². The normalized spacial score (nSPS) is 15.6. The Hall–Kier alpha value is -4.31. The maximum atomic E-state index is 13.8. The van der Waals surface area contributed by atoms with Gasteiger partial charge in [0.2, 0.25) is 0 Å². The van der Waals surface area contributed by atoms with E-state index in [0.29, 0.717) is 26.2 Å². The second kappa shape index (κ2) is 9.29. The minimum atomic E-state index is -0.913. The van der Waals surface area contributed by atoms with Gasteiger partial charge in [-0.25, -0.2) is 9.79 Å². The molecule has 37 heavy (non-hydrogen) atoms. The molecule has 1 aliphatic heterocycles. The first-order chi connectivity index (χ1) is 17.7. The van der Waals surface area contributed by atoms with Crippen LogP contribution in [0.3, 0.4) is 0 Å². The van der Waals surface area contributed by atoms with Crippen molar-refractivity contribution in [3.8, 4) is 0 Å². The third-order valence-electron chi connectivity index (χ3n) is 6.48. The number of hydrogen-bond acceptors (Lipinski definition) is 7. The zero-order valence-electron chi connectivity index (χ0n) is 20.7. The molecule has 1 atom stereocenters. The summed E-state index contributed by atoms with van der Waals surface area (Å²) in [5, 5.41) is 12.7. The molecular formula is C27H24N4O5S. The number of rotatable bonds is 5. The molecule has 4 aromatic rings. The van der Waals surface area contributed by atoms with Crippen molar-refractivity contribution in [1.29, 1.82) is 0 Å². The smallest absolute Gasteiger partial charge is 0.338 e. The van der Waals surface area contributed by atoms with E-state index in [1.807, 2.05) is 48.2 Å². The van der Waals surface area contributed by atoms with E-state index in [0.717, 1.165) is 16.5 Å². The highest BCUT2D eigenvalue weighted by atomic mass is 32.1. The number of carbonyl (C=O) groups is 1. The third-order valence-corrected chi connectivity index (χ3v) is 7.46. The van der Waals surface area contributed by atoms with Gasteiger partial charge in [-0.15, -0.1) is 0 Å². The summed E-state index contributed by atoms with van der Waals surface area (Å²) in [6.07, 6.45) is 3.78. The van der Waals surface area contributed by atoms with Crippen LogP contribution in [0.5, 0.6) is 0 Å². The fraction of sp³-hybridized carbons (Fsp3) is 0.222. The number of para-hydroxylation sites is 1. The molecule has 1 aliphatic rings. The van der Waals surface area contributed by atoms with E-state index in [-0.39, 0.29) is 23.4 Å². The summed E-state index contributed by atoms with van der Waals surface area (Å²) in [4.78, 5) is 43.1. The van der Waals surface area contributed by atoms with E-state index < -0.39 is 16.9 Å². The molecule has 0 spiro atoms. The van der Waals surface area contributed by atoms with Crippen molar-refractivity contribution in [2.45, 2.75) is 26.8 Å². The van der Waals surface area contributed by atoms with Crippen LogP contribution in [0.1, 0.15) is 36.6 Å². The predicted molar refractivity (Wildman–Crippen MR) is 141 cm³/mol. The second-order valence-corrected chi connectivity index (χ2v) is 9.83. The summed E-state index contributed by atoms with van der Waals surface area (Å²) in [6, 6.07) is 11.7. The zero-order chi connectivity index (χ0) is 26.4. The van der Waals surface area contributed by atoms with Crippen LogP contribution in [0, 0.1) is 17.0 Å². The number of aryl methyl sites for hydroxylation is 2. The average molecular weight is 517 g/mol. The van der Waals surface area contributed by atoms with Crippen LogP contribution in [0.15, 0.2) is 69.7 Å². The van der Waals surface area contributed by atoms with Gasteiger partial charge in [0.15, 0.2) is 4.80 Å². The van der Waals surface area contributed by atoms with Crippen molar-refractivity contribution >= 4 is 40.0 Å². The lowest BCUT2D eigenvalue weighted by atomic mass is 9.94. The van der Waals surface area contributed by atoms with Gasteiger partial charge in [-0.1, -0.05) is 41.7 Å². The number of thiazole rings is 1. The molecule has 3 heterocycles. The molecule has 0 amide bonds. The van der Waals surface area contributed by atoms with Crippen molar-refractivity contribution in [1.82, 2.24) is 9.13 Å². The zero-order valence-corrected chi connectivity index (χ0v) is 21.5. The Bertz CT molecular complexity index is 1810. The predicted octanol–water partition coefficient (Wildman–Crippen LogP) is 3.51. The average Bonchev–Trinajstić information content (AvgIpc) is 3.34. The van der Waals surface area contributed by atoms with Crippen molar-refractivity contribution in [3.63, 3.8) is 0 Å². The second-order valence-electron chi connectivity index (χ2n) is 8.82. The van der Waals surface area contributed by atoms with Crippen LogP contribution in [0.25, 0.3) is 17.0 Å². The number of fused-ring (bicyclic) bond motifs is 2. The van der Waals surface area contributed by atoms with Crippen LogP contribution in [-0.4, -0.2) is 26.6 Å². The van der Waals surface area contributed by atoms with E-state index in [1.54, 1.807) is 32.9 Å². The van der Waals surface area contributed by atoms with Gasteiger partial charge in [0.25, 0.3) is 11.2 Å². The van der Waals surface area contributed by atoms with Crippen LogP contribution in [0.4, 0.5) is 5.69 Å².